The van der Waals surface area contributed by atoms with E-state index < -0.39 is 0 Å². The second kappa shape index (κ2) is 7.43. The molecule has 0 amide bonds. The molecule has 0 aliphatic rings. The van der Waals surface area contributed by atoms with E-state index in [1.165, 1.54) is 6.33 Å². The molecule has 0 unspecified atom stereocenters. The number of hydrogen-bond donors (Lipinski definition) is 2. The molecule has 3 aromatic heterocycles. The Morgan fingerprint density at radius 1 is 1.15 bits per heavy atom. The molecule has 0 spiro atoms. The molecule has 0 aliphatic heterocycles. The fraction of sp³-hybridized carbons (Fsp3) is 0.150. The average molecular weight is 361 g/mol. The Hall–Kier alpha value is -3.45. The maximum absolute atomic E-state index is 12.5. The Morgan fingerprint density at radius 2 is 2.00 bits per heavy atom. The van der Waals surface area contributed by atoms with Crippen molar-refractivity contribution < 1.29 is 4.74 Å². The molecule has 0 radical (unpaired) electrons. The van der Waals surface area contributed by atoms with Gasteiger partial charge < -0.3 is 19.6 Å². The van der Waals surface area contributed by atoms with E-state index in [9.17, 15) is 4.79 Å². The van der Waals surface area contributed by atoms with Crippen LogP contribution in [0.2, 0.25) is 0 Å². The number of aromatic nitrogens is 4. The Kier molecular flexibility index (Phi) is 4.67. The normalized spacial score (nSPS) is 11.0. The molecule has 2 N–H and O–H groups in total. The summed E-state index contributed by atoms with van der Waals surface area (Å²) in [5, 5.41) is 3.73. The molecule has 0 aliphatic carbocycles. The smallest absolute Gasteiger partial charge is 0.260 e. The molecular formula is C20H19N5O2. The number of nitrogens with zero attached hydrogens (tertiary/aromatic N) is 3. The molecule has 0 bridgehead atoms. The van der Waals surface area contributed by atoms with Crippen LogP contribution in [0.3, 0.4) is 0 Å². The number of aromatic amines is 1. The maximum Gasteiger partial charge on any atom is 0.260 e. The van der Waals surface area contributed by atoms with Crippen molar-refractivity contribution in [2.24, 2.45) is 0 Å². The van der Waals surface area contributed by atoms with Crippen molar-refractivity contribution in [3.05, 3.63) is 71.5 Å². The van der Waals surface area contributed by atoms with Crippen molar-refractivity contribution in [1.29, 1.82) is 0 Å². The summed E-state index contributed by atoms with van der Waals surface area (Å²) in [6, 6.07) is 13.7. The zero-order chi connectivity index (χ0) is 18.6. The van der Waals surface area contributed by atoms with Crippen LogP contribution in [-0.4, -0.2) is 39.8 Å². The quantitative estimate of drug-likeness (QED) is 0.516. The van der Waals surface area contributed by atoms with Gasteiger partial charge in [-0.25, -0.2) is 9.97 Å². The summed E-state index contributed by atoms with van der Waals surface area (Å²) in [6.07, 6.45) is 5.11. The van der Waals surface area contributed by atoms with Gasteiger partial charge in [-0.15, -0.1) is 0 Å². The van der Waals surface area contributed by atoms with Gasteiger partial charge in [-0.3, -0.25) is 4.79 Å². The third-order valence-corrected chi connectivity index (χ3v) is 4.31. The van der Waals surface area contributed by atoms with Gasteiger partial charge in [0, 0.05) is 42.9 Å². The van der Waals surface area contributed by atoms with Crippen LogP contribution in [0.15, 0.2) is 66.0 Å². The molecule has 7 nitrogen and oxygen atoms in total. The number of anilines is 1. The topological polar surface area (TPSA) is 84.8 Å². The lowest BCUT2D eigenvalue weighted by molar-refractivity contribution is 0.210. The molecule has 136 valence electrons. The van der Waals surface area contributed by atoms with Crippen LogP contribution in [0.1, 0.15) is 0 Å². The molecule has 0 atom stereocenters. The van der Waals surface area contributed by atoms with Crippen molar-refractivity contribution in [3.63, 3.8) is 0 Å². The molecular weight excluding hydrogens is 342 g/mol. The highest BCUT2D eigenvalue weighted by atomic mass is 16.5. The first-order chi connectivity index (χ1) is 13.3. The molecule has 0 saturated carbocycles. The first kappa shape index (κ1) is 17.0. The van der Waals surface area contributed by atoms with Gasteiger partial charge in [0.25, 0.3) is 5.56 Å². The first-order valence-electron chi connectivity index (χ1n) is 8.61. The van der Waals surface area contributed by atoms with Crippen molar-refractivity contribution in [1.82, 2.24) is 19.5 Å². The minimum atomic E-state index is -0.174. The Balaban J connectivity index is 1.79. The van der Waals surface area contributed by atoms with Crippen molar-refractivity contribution >= 4 is 16.9 Å². The monoisotopic (exact) mass is 361 g/mol. The molecule has 7 heteroatoms. The van der Waals surface area contributed by atoms with E-state index in [0.717, 1.165) is 22.6 Å². The van der Waals surface area contributed by atoms with E-state index in [-0.39, 0.29) is 5.56 Å². The van der Waals surface area contributed by atoms with Crippen LogP contribution < -0.4 is 10.9 Å². The van der Waals surface area contributed by atoms with Crippen molar-refractivity contribution in [3.8, 4) is 16.8 Å². The molecule has 3 heterocycles. The van der Waals surface area contributed by atoms with Gasteiger partial charge in [-0.2, -0.15) is 0 Å². The zero-order valence-corrected chi connectivity index (χ0v) is 14.8. The number of nitrogens with one attached hydrogen (secondary N) is 2. The van der Waals surface area contributed by atoms with Crippen LogP contribution in [0.4, 0.5) is 5.82 Å². The van der Waals surface area contributed by atoms with Gasteiger partial charge in [0.1, 0.15) is 5.82 Å². The highest BCUT2D eigenvalue weighted by molar-refractivity contribution is 5.94. The number of H-pyrrole nitrogens is 1. The minimum absolute atomic E-state index is 0.174. The van der Waals surface area contributed by atoms with Crippen LogP contribution in [0, 0.1) is 0 Å². The van der Waals surface area contributed by atoms with E-state index in [0.29, 0.717) is 24.2 Å². The summed E-state index contributed by atoms with van der Waals surface area (Å²) in [5.41, 5.74) is 3.02. The highest BCUT2D eigenvalue weighted by Gasteiger charge is 2.16. The summed E-state index contributed by atoms with van der Waals surface area (Å²) in [5.74, 6) is 0.759. The van der Waals surface area contributed by atoms with E-state index in [1.54, 1.807) is 13.3 Å². The molecule has 4 aromatic rings. The number of hydrogen-bond acceptors (Lipinski definition) is 5. The largest absolute Gasteiger partial charge is 0.383 e. The lowest BCUT2D eigenvalue weighted by Gasteiger charge is -2.05. The number of rotatable bonds is 6. The molecule has 0 fully saturated rings. The summed E-state index contributed by atoms with van der Waals surface area (Å²) < 4.78 is 6.95. The molecule has 1 aromatic carbocycles. The minimum Gasteiger partial charge on any atom is -0.383 e. The van der Waals surface area contributed by atoms with Gasteiger partial charge in [0.15, 0.2) is 5.65 Å². The first-order valence-corrected chi connectivity index (χ1v) is 8.61. The predicted molar refractivity (Wildman–Crippen MR) is 105 cm³/mol. The summed E-state index contributed by atoms with van der Waals surface area (Å²) in [7, 11) is 1.66. The second-order valence-corrected chi connectivity index (χ2v) is 6.03. The number of para-hydroxylation sites is 1. The standard InChI is InChI=1S/C20H19N5O2/c1-27-10-9-21-17-8-7-14(11-22-17)16-12-25(15-5-3-2-4-6-15)19-18(16)20(26)24-13-23-19/h2-8,11-13H,9-10H2,1H3,(H,21,22)(H,23,24,26). The molecule has 0 saturated heterocycles. The number of pyridine rings is 1. The maximum atomic E-state index is 12.5. The van der Waals surface area contributed by atoms with Crippen LogP contribution in [0.5, 0.6) is 0 Å². The number of methoxy groups -OCH3 is 1. The van der Waals surface area contributed by atoms with Crippen molar-refractivity contribution in [2.75, 3.05) is 25.6 Å². The molecule has 4 rings (SSSR count). The Labute approximate surface area is 155 Å². The summed E-state index contributed by atoms with van der Waals surface area (Å²) in [6.45, 7) is 1.29. The third-order valence-electron chi connectivity index (χ3n) is 4.31. The molecule has 27 heavy (non-hydrogen) atoms. The lowest BCUT2D eigenvalue weighted by atomic mass is 10.1. The van der Waals surface area contributed by atoms with Gasteiger partial charge in [-0.05, 0) is 24.3 Å². The summed E-state index contributed by atoms with van der Waals surface area (Å²) in [4.78, 5) is 24.0. The van der Waals surface area contributed by atoms with Gasteiger partial charge in [0.05, 0.1) is 18.3 Å². The fourth-order valence-corrected chi connectivity index (χ4v) is 3.01. The summed E-state index contributed by atoms with van der Waals surface area (Å²) >= 11 is 0. The predicted octanol–water partition coefficient (Wildman–Crippen LogP) is 2.83. The number of ether oxygens (including phenoxy) is 1. The van der Waals surface area contributed by atoms with E-state index >= 15 is 0 Å². The number of benzene rings is 1. The van der Waals surface area contributed by atoms with Crippen molar-refractivity contribution in [2.45, 2.75) is 0 Å². The van der Waals surface area contributed by atoms with Gasteiger partial charge >= 0.3 is 0 Å². The lowest BCUT2D eigenvalue weighted by Crippen LogP contribution is -2.08. The Morgan fingerprint density at radius 3 is 2.74 bits per heavy atom. The van der Waals surface area contributed by atoms with Gasteiger partial charge in [0.2, 0.25) is 0 Å². The van der Waals surface area contributed by atoms with E-state index in [1.807, 2.05) is 53.2 Å². The SMILES string of the molecule is COCCNc1ccc(-c2cn(-c3ccccc3)c3nc[nH]c(=O)c23)cn1. The number of fused-ring (bicyclic) bond motifs is 1. The third kappa shape index (κ3) is 3.32. The van der Waals surface area contributed by atoms with Crippen LogP contribution in [0.25, 0.3) is 27.8 Å². The van der Waals surface area contributed by atoms with Gasteiger partial charge in [-0.1, -0.05) is 18.2 Å². The van der Waals surface area contributed by atoms with E-state index in [2.05, 4.69) is 20.3 Å². The van der Waals surface area contributed by atoms with E-state index in [4.69, 9.17) is 4.74 Å². The highest BCUT2D eigenvalue weighted by Crippen LogP contribution is 2.29. The van der Waals surface area contributed by atoms with Crippen LogP contribution in [-0.2, 0) is 4.74 Å². The zero-order valence-electron chi connectivity index (χ0n) is 14.8. The Bertz CT molecular complexity index is 1100. The average Bonchev–Trinajstić information content (AvgIpc) is 3.10. The van der Waals surface area contributed by atoms with Crippen LogP contribution >= 0.6 is 0 Å². The fourth-order valence-electron chi connectivity index (χ4n) is 3.01. The second-order valence-electron chi connectivity index (χ2n) is 6.03.